The highest BCUT2D eigenvalue weighted by atomic mass is 16.5. The van der Waals surface area contributed by atoms with Crippen molar-refractivity contribution in [2.75, 3.05) is 7.11 Å². The zero-order valence-electron chi connectivity index (χ0n) is 12.5. The Hall–Kier alpha value is -1.71. The van der Waals surface area contributed by atoms with Gasteiger partial charge in [-0.1, -0.05) is 27.2 Å². The molecule has 1 aliphatic carbocycles. The lowest BCUT2D eigenvalue weighted by Gasteiger charge is -2.39. The molecule has 0 heterocycles. The van der Waals surface area contributed by atoms with Crippen LogP contribution in [0.5, 0.6) is 11.5 Å². The molecule has 0 amide bonds. The monoisotopic (exact) mass is 278 g/mol. The van der Waals surface area contributed by atoms with Gasteiger partial charge >= 0.3 is 5.97 Å². The highest BCUT2D eigenvalue weighted by Crippen LogP contribution is 2.56. The van der Waals surface area contributed by atoms with Crippen LogP contribution in [0.15, 0.2) is 12.1 Å². The third-order valence-corrected chi connectivity index (χ3v) is 5.08. The molecule has 0 bridgehead atoms. The summed E-state index contributed by atoms with van der Waals surface area (Å²) >= 11 is 0. The maximum Gasteiger partial charge on any atom is 0.337 e. The van der Waals surface area contributed by atoms with Gasteiger partial charge in [-0.05, 0) is 30.4 Å². The summed E-state index contributed by atoms with van der Waals surface area (Å²) in [5.41, 5.74) is 0.603. The lowest BCUT2D eigenvalue weighted by Crippen LogP contribution is -2.34. The summed E-state index contributed by atoms with van der Waals surface area (Å²) in [7, 11) is 1.30. The number of hydrogen-bond acceptors (Lipinski definition) is 4. The topological polar surface area (TPSA) is 66.8 Å². The summed E-state index contributed by atoms with van der Waals surface area (Å²) < 4.78 is 4.70. The average molecular weight is 278 g/mol. The molecule has 4 heteroatoms. The molecule has 0 saturated heterocycles. The summed E-state index contributed by atoms with van der Waals surface area (Å²) in [6.07, 6.45) is 3.02. The van der Waals surface area contributed by atoms with Crippen LogP contribution in [0.1, 0.15) is 56.0 Å². The van der Waals surface area contributed by atoms with Crippen LogP contribution in [-0.2, 0) is 10.2 Å². The quantitative estimate of drug-likeness (QED) is 0.643. The van der Waals surface area contributed by atoms with Crippen LogP contribution in [0.25, 0.3) is 0 Å². The van der Waals surface area contributed by atoms with Gasteiger partial charge < -0.3 is 14.9 Å². The van der Waals surface area contributed by atoms with Crippen LogP contribution in [0.3, 0.4) is 0 Å². The van der Waals surface area contributed by atoms with Gasteiger partial charge in [-0.2, -0.15) is 0 Å². The van der Waals surface area contributed by atoms with Gasteiger partial charge in [0.1, 0.15) is 0 Å². The molecule has 0 aliphatic heterocycles. The molecule has 4 nitrogen and oxygen atoms in total. The first kappa shape index (κ1) is 14.7. The van der Waals surface area contributed by atoms with Crippen molar-refractivity contribution in [1.82, 2.24) is 0 Å². The molecule has 0 radical (unpaired) electrons. The van der Waals surface area contributed by atoms with Gasteiger partial charge in [-0.3, -0.25) is 0 Å². The van der Waals surface area contributed by atoms with Crippen molar-refractivity contribution in [1.29, 1.82) is 0 Å². The molecule has 1 aromatic rings. The van der Waals surface area contributed by atoms with Crippen LogP contribution in [0, 0.1) is 5.41 Å². The van der Waals surface area contributed by atoms with Gasteiger partial charge in [-0.25, -0.2) is 4.79 Å². The first-order valence-corrected chi connectivity index (χ1v) is 6.88. The first-order chi connectivity index (χ1) is 9.23. The van der Waals surface area contributed by atoms with Crippen LogP contribution in [0.2, 0.25) is 0 Å². The van der Waals surface area contributed by atoms with E-state index in [-0.39, 0.29) is 27.9 Å². The molecule has 1 atom stereocenters. The Kier molecular flexibility index (Phi) is 3.44. The van der Waals surface area contributed by atoms with E-state index in [1.165, 1.54) is 13.2 Å². The van der Waals surface area contributed by atoms with Gasteiger partial charge in [0.05, 0.1) is 12.7 Å². The summed E-state index contributed by atoms with van der Waals surface area (Å²) in [6.45, 7) is 6.39. The van der Waals surface area contributed by atoms with Crippen molar-refractivity contribution in [3.05, 3.63) is 23.3 Å². The lowest BCUT2D eigenvalue weighted by atomic mass is 9.65. The third kappa shape index (κ3) is 2.03. The largest absolute Gasteiger partial charge is 0.504 e. The predicted molar refractivity (Wildman–Crippen MR) is 76.1 cm³/mol. The molecule has 2 N–H and O–H groups in total. The second-order valence-corrected chi connectivity index (χ2v) is 6.45. The van der Waals surface area contributed by atoms with E-state index in [4.69, 9.17) is 4.74 Å². The van der Waals surface area contributed by atoms with E-state index in [9.17, 15) is 15.0 Å². The Balaban J connectivity index is 2.62. The summed E-state index contributed by atoms with van der Waals surface area (Å²) in [5, 5.41) is 20.1. The molecule has 1 saturated carbocycles. The minimum atomic E-state index is -0.513. The Morgan fingerprint density at radius 3 is 2.35 bits per heavy atom. The van der Waals surface area contributed by atoms with E-state index in [2.05, 4.69) is 20.8 Å². The summed E-state index contributed by atoms with van der Waals surface area (Å²) in [6, 6.07) is 2.89. The number of benzene rings is 1. The number of aromatic hydroxyl groups is 2. The summed E-state index contributed by atoms with van der Waals surface area (Å²) in [5.74, 6) is -0.914. The van der Waals surface area contributed by atoms with Crippen molar-refractivity contribution in [2.24, 2.45) is 5.41 Å². The van der Waals surface area contributed by atoms with E-state index in [1.807, 2.05) is 0 Å². The molecule has 1 aromatic carbocycles. The number of carbonyl (C=O) groups is 1. The fourth-order valence-electron chi connectivity index (χ4n) is 3.27. The molecule has 0 spiro atoms. The lowest BCUT2D eigenvalue weighted by molar-refractivity contribution is 0.0599. The number of ether oxygens (including phenoxy) is 1. The number of rotatable bonds is 2. The average Bonchev–Trinajstić information content (AvgIpc) is 2.66. The van der Waals surface area contributed by atoms with E-state index in [1.54, 1.807) is 6.07 Å². The molecule has 0 aromatic heterocycles. The van der Waals surface area contributed by atoms with E-state index in [0.717, 1.165) is 19.3 Å². The Morgan fingerprint density at radius 2 is 1.85 bits per heavy atom. The number of carbonyl (C=O) groups excluding carboxylic acids is 1. The molecular weight excluding hydrogens is 256 g/mol. The SMILES string of the molecule is COC(=O)c1cc(O)c(O)c(C2(C)CCCC2(C)C)c1. The predicted octanol–water partition coefficient (Wildman–Crippen LogP) is 3.35. The molecule has 1 fully saturated rings. The standard InChI is InChI=1S/C16H22O4/c1-15(2)6-5-7-16(15,3)11-8-10(14(19)20-4)9-12(17)13(11)18/h8-9,17-18H,5-7H2,1-4H3. The highest BCUT2D eigenvalue weighted by Gasteiger charge is 2.48. The normalized spacial score (nSPS) is 24.6. The number of esters is 1. The fraction of sp³-hybridized carbons (Fsp3) is 0.562. The minimum absolute atomic E-state index is 0.00827. The second kappa shape index (κ2) is 4.69. The van der Waals surface area contributed by atoms with Crippen molar-refractivity contribution < 1.29 is 19.7 Å². The number of phenols is 2. The molecular formula is C16H22O4. The molecule has 20 heavy (non-hydrogen) atoms. The van der Waals surface area contributed by atoms with Gasteiger partial charge in [-0.15, -0.1) is 0 Å². The maximum absolute atomic E-state index is 11.7. The van der Waals surface area contributed by atoms with Crippen LogP contribution >= 0.6 is 0 Å². The van der Waals surface area contributed by atoms with Gasteiger partial charge in [0, 0.05) is 11.0 Å². The highest BCUT2D eigenvalue weighted by molar-refractivity contribution is 5.90. The van der Waals surface area contributed by atoms with E-state index < -0.39 is 5.97 Å². The Bertz CT molecular complexity index is 548. The maximum atomic E-state index is 11.7. The van der Waals surface area contributed by atoms with Crippen molar-refractivity contribution in [3.63, 3.8) is 0 Å². The Morgan fingerprint density at radius 1 is 1.20 bits per heavy atom. The molecule has 1 aliphatic rings. The Labute approximate surface area is 119 Å². The van der Waals surface area contributed by atoms with Crippen LogP contribution in [-0.4, -0.2) is 23.3 Å². The van der Waals surface area contributed by atoms with Crippen molar-refractivity contribution in [2.45, 2.75) is 45.4 Å². The minimum Gasteiger partial charge on any atom is -0.504 e. The van der Waals surface area contributed by atoms with Crippen molar-refractivity contribution >= 4 is 5.97 Å². The van der Waals surface area contributed by atoms with Crippen LogP contribution < -0.4 is 0 Å². The smallest absolute Gasteiger partial charge is 0.337 e. The number of hydrogen-bond donors (Lipinski definition) is 2. The second-order valence-electron chi connectivity index (χ2n) is 6.45. The van der Waals surface area contributed by atoms with Gasteiger partial charge in [0.2, 0.25) is 0 Å². The zero-order chi connectivity index (χ0) is 15.1. The molecule has 110 valence electrons. The number of phenolic OH excluding ortho intramolecular Hbond substituents is 2. The van der Waals surface area contributed by atoms with E-state index in [0.29, 0.717) is 5.56 Å². The van der Waals surface area contributed by atoms with E-state index >= 15 is 0 Å². The first-order valence-electron chi connectivity index (χ1n) is 6.88. The molecule has 1 unspecified atom stereocenters. The van der Waals surface area contributed by atoms with Gasteiger partial charge in [0.15, 0.2) is 11.5 Å². The fourth-order valence-corrected chi connectivity index (χ4v) is 3.27. The zero-order valence-corrected chi connectivity index (χ0v) is 12.5. The molecule has 2 rings (SSSR count). The number of methoxy groups -OCH3 is 1. The van der Waals surface area contributed by atoms with Crippen molar-refractivity contribution in [3.8, 4) is 11.5 Å². The third-order valence-electron chi connectivity index (χ3n) is 5.08. The summed E-state index contributed by atoms with van der Waals surface area (Å²) in [4.78, 5) is 11.7. The van der Waals surface area contributed by atoms with Crippen LogP contribution in [0.4, 0.5) is 0 Å². The van der Waals surface area contributed by atoms with Gasteiger partial charge in [0.25, 0.3) is 0 Å².